The third-order valence-electron chi connectivity index (χ3n) is 2.91. The van der Waals surface area contributed by atoms with Crippen molar-refractivity contribution in [2.24, 2.45) is 0 Å². The number of carbonyl (C=O) groups excluding carboxylic acids is 1. The summed E-state index contributed by atoms with van der Waals surface area (Å²) in [4.78, 5) is 15.1. The molecule has 1 unspecified atom stereocenters. The molecule has 1 heterocycles. The maximum absolute atomic E-state index is 12.4. The van der Waals surface area contributed by atoms with Crippen LogP contribution in [0.3, 0.4) is 0 Å². The van der Waals surface area contributed by atoms with Crippen LogP contribution in [0, 0.1) is 0 Å². The number of thiophene rings is 1. The van der Waals surface area contributed by atoms with E-state index in [0.29, 0.717) is 17.9 Å². The number of benzene rings is 1. The summed E-state index contributed by atoms with van der Waals surface area (Å²) < 4.78 is 12.0. The van der Waals surface area contributed by atoms with E-state index in [9.17, 15) is 9.00 Å². The summed E-state index contributed by atoms with van der Waals surface area (Å²) in [5.41, 5.74) is 1.53. The van der Waals surface area contributed by atoms with Gasteiger partial charge in [0, 0.05) is 40.3 Å². The minimum atomic E-state index is -0.915. The van der Waals surface area contributed by atoms with Crippen LogP contribution in [0.5, 0.6) is 0 Å². The Kier molecular flexibility index (Phi) is 5.56. The van der Waals surface area contributed by atoms with Crippen molar-refractivity contribution in [2.45, 2.75) is 12.3 Å². The predicted octanol–water partition coefficient (Wildman–Crippen LogP) is 3.55. The van der Waals surface area contributed by atoms with Gasteiger partial charge >= 0.3 is 0 Å². The SMILES string of the molecule is CN(Cc1ccc(Cl)s1)C(=O)c1cccc(CS(C)=O)c1. The molecule has 0 saturated carbocycles. The lowest BCUT2D eigenvalue weighted by atomic mass is 10.1. The predicted molar refractivity (Wildman–Crippen MR) is 89.3 cm³/mol. The number of carbonyl (C=O) groups is 1. The number of rotatable bonds is 5. The van der Waals surface area contributed by atoms with Crippen molar-refractivity contribution >= 4 is 39.6 Å². The van der Waals surface area contributed by atoms with Crippen LogP contribution in [0.15, 0.2) is 36.4 Å². The first-order valence-corrected chi connectivity index (χ1v) is 9.26. The zero-order valence-electron chi connectivity index (χ0n) is 11.8. The van der Waals surface area contributed by atoms with Crippen LogP contribution in [0.25, 0.3) is 0 Å². The number of nitrogens with zero attached hydrogens (tertiary/aromatic N) is 1. The summed E-state index contributed by atoms with van der Waals surface area (Å²) in [5, 5.41) is 0. The number of amides is 1. The van der Waals surface area contributed by atoms with E-state index in [4.69, 9.17) is 11.6 Å². The molecule has 2 rings (SSSR count). The highest BCUT2D eigenvalue weighted by Gasteiger charge is 2.13. The molecule has 1 aromatic heterocycles. The van der Waals surface area contributed by atoms with Gasteiger partial charge in [-0.05, 0) is 29.8 Å². The Hall–Kier alpha value is -1.17. The lowest BCUT2D eigenvalue weighted by Crippen LogP contribution is -2.25. The molecular weight excluding hydrogens is 326 g/mol. The van der Waals surface area contributed by atoms with E-state index in [2.05, 4.69) is 0 Å². The normalized spacial score (nSPS) is 12.1. The summed E-state index contributed by atoms with van der Waals surface area (Å²) in [6.45, 7) is 0.528. The molecule has 3 nitrogen and oxygen atoms in total. The van der Waals surface area contributed by atoms with Crippen LogP contribution in [0.1, 0.15) is 20.8 Å². The molecule has 0 bridgehead atoms. The first kappa shape index (κ1) is 16.2. The minimum Gasteiger partial charge on any atom is -0.337 e. The van der Waals surface area contributed by atoms with E-state index in [1.165, 1.54) is 11.3 Å². The second-order valence-corrected chi connectivity index (χ2v) is 8.02. The van der Waals surface area contributed by atoms with Gasteiger partial charge < -0.3 is 4.90 Å². The van der Waals surface area contributed by atoms with Crippen LogP contribution < -0.4 is 0 Å². The van der Waals surface area contributed by atoms with Crippen molar-refractivity contribution in [3.8, 4) is 0 Å². The number of hydrogen-bond donors (Lipinski definition) is 0. The van der Waals surface area contributed by atoms with Crippen LogP contribution >= 0.6 is 22.9 Å². The summed E-state index contributed by atoms with van der Waals surface area (Å²) in [5.74, 6) is 0.411. The van der Waals surface area contributed by atoms with Gasteiger partial charge in [-0.25, -0.2) is 0 Å². The molecule has 0 N–H and O–H groups in total. The summed E-state index contributed by atoms with van der Waals surface area (Å²) >= 11 is 7.37. The molecule has 6 heteroatoms. The fourth-order valence-electron chi connectivity index (χ4n) is 1.99. The van der Waals surface area contributed by atoms with Gasteiger partial charge in [-0.15, -0.1) is 11.3 Å². The van der Waals surface area contributed by atoms with Crippen molar-refractivity contribution < 1.29 is 9.00 Å². The number of hydrogen-bond acceptors (Lipinski definition) is 3. The zero-order valence-corrected chi connectivity index (χ0v) is 14.2. The maximum atomic E-state index is 12.4. The van der Waals surface area contributed by atoms with Gasteiger partial charge in [0.15, 0.2) is 0 Å². The molecule has 1 aromatic carbocycles. The standard InChI is InChI=1S/C15H16ClNO2S2/c1-17(9-13-6-7-14(16)20-13)15(18)12-5-3-4-11(8-12)10-21(2)19/h3-8H,9-10H2,1-2H3. The fourth-order valence-corrected chi connectivity index (χ4v) is 3.78. The Balaban J connectivity index is 2.09. The first-order valence-electron chi connectivity index (χ1n) is 6.34. The molecule has 1 amide bonds. The Bertz CT molecular complexity index is 669. The summed E-state index contributed by atoms with van der Waals surface area (Å²) in [7, 11) is 0.849. The molecule has 0 fully saturated rings. The summed E-state index contributed by atoms with van der Waals surface area (Å²) in [6.07, 6.45) is 1.65. The van der Waals surface area contributed by atoms with Gasteiger partial charge in [-0.1, -0.05) is 23.7 Å². The monoisotopic (exact) mass is 341 g/mol. The van der Waals surface area contributed by atoms with Crippen molar-refractivity contribution in [1.82, 2.24) is 4.90 Å². The average Bonchev–Trinajstić information content (AvgIpc) is 2.82. The molecule has 0 aliphatic carbocycles. The molecule has 0 aliphatic heterocycles. The van der Waals surface area contributed by atoms with Crippen molar-refractivity contribution in [1.29, 1.82) is 0 Å². The van der Waals surface area contributed by atoms with Crippen LogP contribution in [-0.4, -0.2) is 28.3 Å². The third kappa shape index (κ3) is 4.66. The highest BCUT2D eigenvalue weighted by molar-refractivity contribution is 7.83. The molecule has 0 aliphatic rings. The Morgan fingerprint density at radius 1 is 1.33 bits per heavy atom. The Morgan fingerprint density at radius 3 is 2.71 bits per heavy atom. The highest BCUT2D eigenvalue weighted by Crippen LogP contribution is 2.23. The van der Waals surface area contributed by atoms with Gasteiger partial charge in [-0.2, -0.15) is 0 Å². The topological polar surface area (TPSA) is 37.4 Å². The van der Waals surface area contributed by atoms with E-state index in [0.717, 1.165) is 14.8 Å². The lowest BCUT2D eigenvalue weighted by molar-refractivity contribution is 0.0786. The lowest BCUT2D eigenvalue weighted by Gasteiger charge is -2.16. The first-order chi connectivity index (χ1) is 9.95. The van der Waals surface area contributed by atoms with E-state index < -0.39 is 10.8 Å². The fraction of sp³-hybridized carbons (Fsp3) is 0.267. The minimum absolute atomic E-state index is 0.0525. The molecule has 21 heavy (non-hydrogen) atoms. The third-order valence-corrected chi connectivity index (χ3v) is 4.87. The van der Waals surface area contributed by atoms with Gasteiger partial charge in [0.2, 0.25) is 0 Å². The second kappa shape index (κ2) is 7.20. The van der Waals surface area contributed by atoms with Gasteiger partial charge in [-0.3, -0.25) is 9.00 Å². The van der Waals surface area contributed by atoms with E-state index in [1.807, 2.05) is 30.3 Å². The average molecular weight is 342 g/mol. The van der Waals surface area contributed by atoms with Crippen molar-refractivity contribution in [3.05, 3.63) is 56.7 Å². The Labute approximate surface area is 136 Å². The molecule has 2 aromatic rings. The van der Waals surface area contributed by atoms with Gasteiger partial charge in [0.05, 0.1) is 10.9 Å². The quantitative estimate of drug-likeness (QED) is 0.834. The van der Waals surface area contributed by atoms with Gasteiger partial charge in [0.1, 0.15) is 0 Å². The molecule has 0 saturated heterocycles. The highest BCUT2D eigenvalue weighted by atomic mass is 35.5. The van der Waals surface area contributed by atoms with Crippen molar-refractivity contribution in [3.63, 3.8) is 0 Å². The number of halogens is 1. The van der Waals surface area contributed by atoms with Crippen LogP contribution in [0.2, 0.25) is 4.34 Å². The zero-order chi connectivity index (χ0) is 15.4. The summed E-state index contributed by atoms with van der Waals surface area (Å²) in [6, 6.07) is 11.1. The molecule has 0 spiro atoms. The van der Waals surface area contributed by atoms with E-state index >= 15 is 0 Å². The van der Waals surface area contributed by atoms with Crippen LogP contribution in [0.4, 0.5) is 0 Å². The van der Waals surface area contributed by atoms with Gasteiger partial charge in [0.25, 0.3) is 5.91 Å². The van der Waals surface area contributed by atoms with E-state index in [-0.39, 0.29) is 5.91 Å². The smallest absolute Gasteiger partial charge is 0.253 e. The van der Waals surface area contributed by atoms with Crippen LogP contribution in [-0.2, 0) is 23.1 Å². The van der Waals surface area contributed by atoms with E-state index in [1.54, 1.807) is 24.3 Å². The maximum Gasteiger partial charge on any atom is 0.253 e. The molecule has 1 atom stereocenters. The second-order valence-electron chi connectivity index (χ2n) is 4.78. The molecule has 112 valence electrons. The molecular formula is C15H16ClNO2S2. The Morgan fingerprint density at radius 2 is 2.10 bits per heavy atom. The van der Waals surface area contributed by atoms with Crippen molar-refractivity contribution in [2.75, 3.05) is 13.3 Å². The largest absolute Gasteiger partial charge is 0.337 e. The molecule has 0 radical (unpaired) electrons.